The quantitative estimate of drug-likeness (QED) is 0.719. The average Bonchev–Trinajstić information content (AvgIpc) is 2.45. The van der Waals surface area contributed by atoms with Crippen molar-refractivity contribution >= 4 is 0 Å². The van der Waals surface area contributed by atoms with E-state index in [1.165, 1.54) is 56.1 Å². The molecule has 0 heterocycles. The molecule has 0 bridgehead atoms. The average molecular weight is 287 g/mol. The van der Waals surface area contributed by atoms with Gasteiger partial charge >= 0.3 is 0 Å². The largest absolute Gasteiger partial charge is 0.310 e. The predicted molar refractivity (Wildman–Crippen MR) is 92.8 cm³/mol. The lowest BCUT2D eigenvalue weighted by Crippen LogP contribution is -2.29. The topological polar surface area (TPSA) is 12.0 Å². The van der Waals surface area contributed by atoms with E-state index in [2.05, 4.69) is 50.4 Å². The van der Waals surface area contributed by atoms with Gasteiger partial charge in [-0.1, -0.05) is 77.1 Å². The van der Waals surface area contributed by atoms with Crippen molar-refractivity contribution < 1.29 is 0 Å². The molecule has 0 saturated heterocycles. The van der Waals surface area contributed by atoms with E-state index in [1.807, 2.05) is 0 Å². The molecule has 0 aliphatic heterocycles. The fraction of sp³-hybridized carbons (Fsp3) is 0.700. The molecular formula is C20H33N. The first kappa shape index (κ1) is 16.5. The van der Waals surface area contributed by atoms with E-state index in [-0.39, 0.29) is 0 Å². The van der Waals surface area contributed by atoms with Crippen molar-refractivity contribution in [1.29, 1.82) is 0 Å². The van der Waals surface area contributed by atoms with Crippen molar-refractivity contribution in [3.05, 3.63) is 35.4 Å². The third kappa shape index (κ3) is 4.85. The maximum atomic E-state index is 3.77. The molecule has 1 unspecified atom stereocenters. The molecule has 1 heteroatoms. The van der Waals surface area contributed by atoms with Crippen LogP contribution in [-0.4, -0.2) is 6.54 Å². The van der Waals surface area contributed by atoms with Crippen LogP contribution in [0.3, 0.4) is 0 Å². The predicted octanol–water partition coefficient (Wildman–Crippen LogP) is 5.82. The molecule has 1 aliphatic rings. The van der Waals surface area contributed by atoms with Gasteiger partial charge < -0.3 is 5.32 Å². The molecule has 118 valence electrons. The van der Waals surface area contributed by atoms with Crippen molar-refractivity contribution in [1.82, 2.24) is 5.32 Å². The van der Waals surface area contributed by atoms with Gasteiger partial charge in [0.2, 0.25) is 0 Å². The molecular weight excluding hydrogens is 254 g/mol. The number of rotatable bonds is 5. The second kappa shape index (κ2) is 8.58. The van der Waals surface area contributed by atoms with E-state index < -0.39 is 0 Å². The third-order valence-electron chi connectivity index (χ3n) is 5.01. The summed E-state index contributed by atoms with van der Waals surface area (Å²) in [6, 6.07) is 9.93. The minimum absolute atomic E-state index is 0.550. The van der Waals surface area contributed by atoms with Crippen molar-refractivity contribution in [3.8, 4) is 0 Å². The molecule has 0 radical (unpaired) electrons. The Morgan fingerprint density at radius 2 is 1.43 bits per heavy atom. The van der Waals surface area contributed by atoms with Crippen LogP contribution in [0, 0.1) is 5.92 Å². The van der Waals surface area contributed by atoms with Crippen LogP contribution in [-0.2, 0) is 0 Å². The van der Waals surface area contributed by atoms with Gasteiger partial charge in [0, 0.05) is 6.04 Å². The van der Waals surface area contributed by atoms with Crippen molar-refractivity contribution in [3.63, 3.8) is 0 Å². The number of benzene rings is 1. The van der Waals surface area contributed by atoms with Gasteiger partial charge in [-0.15, -0.1) is 0 Å². The Labute approximate surface area is 131 Å². The first-order valence-electron chi connectivity index (χ1n) is 9.05. The zero-order chi connectivity index (χ0) is 15.1. The van der Waals surface area contributed by atoms with Gasteiger partial charge in [0.25, 0.3) is 0 Å². The van der Waals surface area contributed by atoms with Gasteiger partial charge in [-0.3, -0.25) is 0 Å². The Balaban J connectivity index is 2.12. The van der Waals surface area contributed by atoms with Crippen molar-refractivity contribution in [2.24, 2.45) is 5.92 Å². The Kier molecular flexibility index (Phi) is 6.76. The zero-order valence-corrected chi connectivity index (χ0v) is 14.2. The van der Waals surface area contributed by atoms with Crippen LogP contribution in [0.1, 0.15) is 88.8 Å². The van der Waals surface area contributed by atoms with Gasteiger partial charge in [0.1, 0.15) is 0 Å². The summed E-state index contributed by atoms with van der Waals surface area (Å²) < 4.78 is 0. The first-order chi connectivity index (χ1) is 10.2. The van der Waals surface area contributed by atoms with Crippen LogP contribution >= 0.6 is 0 Å². The molecule has 0 amide bonds. The molecule has 1 aromatic rings. The Bertz CT molecular complexity index is 385. The smallest absolute Gasteiger partial charge is 0.0348 e. The van der Waals surface area contributed by atoms with E-state index in [4.69, 9.17) is 0 Å². The van der Waals surface area contributed by atoms with Crippen molar-refractivity contribution in [2.45, 2.75) is 77.7 Å². The lowest BCUT2D eigenvalue weighted by molar-refractivity contribution is 0.291. The number of nitrogens with one attached hydrogen (secondary N) is 1. The summed E-state index contributed by atoms with van der Waals surface area (Å²) in [5.74, 6) is 1.44. The van der Waals surface area contributed by atoms with Gasteiger partial charge in [-0.25, -0.2) is 0 Å². The normalized spacial score (nSPS) is 19.2. The maximum Gasteiger partial charge on any atom is 0.0348 e. The summed E-state index contributed by atoms with van der Waals surface area (Å²) in [6.07, 6.45) is 9.92. The molecule has 1 N–H and O–H groups in total. The van der Waals surface area contributed by atoms with Gasteiger partial charge in [-0.2, -0.15) is 0 Å². The van der Waals surface area contributed by atoms with Crippen LogP contribution in [0.2, 0.25) is 0 Å². The van der Waals surface area contributed by atoms with Crippen LogP contribution < -0.4 is 5.32 Å². The van der Waals surface area contributed by atoms with E-state index >= 15 is 0 Å². The third-order valence-corrected chi connectivity index (χ3v) is 5.01. The molecule has 1 fully saturated rings. The van der Waals surface area contributed by atoms with Crippen LogP contribution in [0.15, 0.2) is 24.3 Å². The van der Waals surface area contributed by atoms with E-state index in [9.17, 15) is 0 Å². The molecule has 1 nitrogen and oxygen atoms in total. The van der Waals surface area contributed by atoms with E-state index in [1.54, 1.807) is 0 Å². The summed E-state index contributed by atoms with van der Waals surface area (Å²) in [5.41, 5.74) is 2.94. The minimum Gasteiger partial charge on any atom is -0.310 e. The highest BCUT2D eigenvalue weighted by molar-refractivity contribution is 5.27. The maximum absolute atomic E-state index is 3.77. The van der Waals surface area contributed by atoms with Crippen LogP contribution in [0.25, 0.3) is 0 Å². The molecule has 2 rings (SSSR count). The molecule has 0 aromatic heterocycles. The van der Waals surface area contributed by atoms with Crippen molar-refractivity contribution in [2.75, 3.05) is 6.54 Å². The Morgan fingerprint density at radius 1 is 0.905 bits per heavy atom. The summed E-state index contributed by atoms with van der Waals surface area (Å²) >= 11 is 0. The summed E-state index contributed by atoms with van der Waals surface area (Å²) in [5, 5.41) is 3.77. The summed E-state index contributed by atoms with van der Waals surface area (Å²) in [6.45, 7) is 7.84. The van der Waals surface area contributed by atoms with E-state index in [0.29, 0.717) is 12.0 Å². The van der Waals surface area contributed by atoms with Crippen LogP contribution in [0.4, 0.5) is 0 Å². The highest BCUT2D eigenvalue weighted by atomic mass is 14.9. The standard InChI is InChI=1S/C20H33N/c1-4-21-20(18-10-8-6-5-7-9-11-18)19-14-12-17(13-15-19)16(2)3/h12-16,18,20-21H,4-11H2,1-3H3. The fourth-order valence-corrected chi connectivity index (χ4v) is 3.69. The van der Waals surface area contributed by atoms with Crippen LogP contribution in [0.5, 0.6) is 0 Å². The van der Waals surface area contributed by atoms with E-state index in [0.717, 1.165) is 12.5 Å². The Morgan fingerprint density at radius 3 is 1.95 bits per heavy atom. The second-order valence-electron chi connectivity index (χ2n) is 6.96. The molecule has 1 aromatic carbocycles. The van der Waals surface area contributed by atoms with Gasteiger partial charge in [0.15, 0.2) is 0 Å². The molecule has 1 aliphatic carbocycles. The second-order valence-corrected chi connectivity index (χ2v) is 6.96. The Hall–Kier alpha value is -0.820. The first-order valence-corrected chi connectivity index (χ1v) is 9.05. The zero-order valence-electron chi connectivity index (χ0n) is 14.2. The highest BCUT2D eigenvalue weighted by Gasteiger charge is 2.22. The number of hydrogen-bond acceptors (Lipinski definition) is 1. The fourth-order valence-electron chi connectivity index (χ4n) is 3.69. The SMILES string of the molecule is CCNC(c1ccc(C(C)C)cc1)C1CCCCCCC1. The molecule has 1 saturated carbocycles. The molecule has 21 heavy (non-hydrogen) atoms. The molecule has 1 atom stereocenters. The molecule has 0 spiro atoms. The van der Waals surface area contributed by atoms with Gasteiger partial charge in [-0.05, 0) is 42.3 Å². The number of hydrogen-bond donors (Lipinski definition) is 1. The van der Waals surface area contributed by atoms with Gasteiger partial charge in [0.05, 0.1) is 0 Å². The minimum atomic E-state index is 0.550. The summed E-state index contributed by atoms with van der Waals surface area (Å²) in [7, 11) is 0. The highest BCUT2D eigenvalue weighted by Crippen LogP contribution is 2.33. The lowest BCUT2D eigenvalue weighted by Gasteiger charge is -2.30. The monoisotopic (exact) mass is 287 g/mol. The lowest BCUT2D eigenvalue weighted by atomic mass is 9.82. The summed E-state index contributed by atoms with van der Waals surface area (Å²) in [4.78, 5) is 0.